The number of unbranched alkanes of at least 4 members (excludes halogenated alkanes) is 5. The Balaban J connectivity index is 0.00000101. The molecular formula is C29H46Br2N2. The van der Waals surface area contributed by atoms with Gasteiger partial charge >= 0.3 is 0 Å². The third-order valence-electron chi connectivity index (χ3n) is 6.27. The monoisotopic (exact) mass is 580 g/mol. The normalized spacial score (nSPS) is 12.7. The second-order valence-corrected chi connectivity index (χ2v) is 10.4. The van der Waals surface area contributed by atoms with Gasteiger partial charge in [-0.3, -0.25) is 0 Å². The molecule has 3 N–H and O–H groups in total. The molecule has 0 aliphatic heterocycles. The summed E-state index contributed by atoms with van der Waals surface area (Å²) in [7, 11) is 2.05. The lowest BCUT2D eigenvalue weighted by molar-refractivity contribution is 0.400. The van der Waals surface area contributed by atoms with Gasteiger partial charge < -0.3 is 11.1 Å². The molecule has 0 fully saturated rings. The molecule has 0 radical (unpaired) electrons. The summed E-state index contributed by atoms with van der Waals surface area (Å²) in [5, 5.41) is 3.29. The van der Waals surface area contributed by atoms with E-state index in [1.54, 1.807) is 11.1 Å². The van der Waals surface area contributed by atoms with E-state index in [1.807, 2.05) is 27.8 Å². The van der Waals surface area contributed by atoms with Gasteiger partial charge in [0.15, 0.2) is 0 Å². The topological polar surface area (TPSA) is 38.0 Å². The fourth-order valence-corrected chi connectivity index (χ4v) is 5.58. The first-order valence-electron chi connectivity index (χ1n) is 13.0. The molecule has 0 amide bonds. The highest BCUT2D eigenvalue weighted by atomic mass is 79.9. The Kier molecular flexibility index (Phi) is 15.5. The molecule has 1 aliphatic rings. The van der Waals surface area contributed by atoms with Crippen LogP contribution >= 0.6 is 31.9 Å². The Morgan fingerprint density at radius 3 is 1.64 bits per heavy atom. The van der Waals surface area contributed by atoms with Crippen molar-refractivity contribution in [1.82, 2.24) is 5.32 Å². The zero-order valence-corrected chi connectivity index (χ0v) is 24.7. The highest BCUT2D eigenvalue weighted by Gasteiger charge is 2.42. The van der Waals surface area contributed by atoms with Gasteiger partial charge in [0.25, 0.3) is 0 Å². The van der Waals surface area contributed by atoms with Crippen molar-refractivity contribution in [2.75, 3.05) is 20.1 Å². The number of nitrogens with one attached hydrogen (secondary N) is 1. The lowest BCUT2D eigenvalue weighted by atomic mass is 9.70. The van der Waals surface area contributed by atoms with Crippen molar-refractivity contribution >= 4 is 31.9 Å². The Labute approximate surface area is 220 Å². The minimum absolute atomic E-state index is 0.158. The third kappa shape index (κ3) is 8.49. The molecule has 2 aromatic rings. The standard InChI is InChI=1S/C25H33Br2N.C2H7N.C2H6/c1-3-4-5-7-14-25(15-8-6-9-16-28-2)23-17-19(26)10-12-21(23)22-13-11-20(27)18-24(22)25;1-2-3;1-2/h10-13,17-18,28H,3-9,14-16H2,1-2H3;2-3H2,1H3;1-2H3. The van der Waals surface area contributed by atoms with E-state index in [0.717, 1.165) is 13.1 Å². The largest absolute Gasteiger partial charge is 0.331 e. The summed E-state index contributed by atoms with van der Waals surface area (Å²) < 4.78 is 2.40. The number of fused-ring (bicyclic) bond motifs is 3. The van der Waals surface area contributed by atoms with Gasteiger partial charge in [0, 0.05) is 14.4 Å². The van der Waals surface area contributed by atoms with Crippen LogP contribution in [-0.2, 0) is 5.41 Å². The predicted octanol–water partition coefficient (Wildman–Crippen LogP) is 9.22. The lowest BCUT2D eigenvalue weighted by Crippen LogP contribution is -2.25. The molecule has 0 atom stereocenters. The molecule has 186 valence electrons. The van der Waals surface area contributed by atoms with Gasteiger partial charge in [-0.25, -0.2) is 0 Å². The molecule has 0 heterocycles. The SMILES string of the molecule is CC.CCCCCCC1(CCCCCNC)c2cc(Br)ccc2-c2ccc(Br)cc21.CCN. The number of hydrogen-bond donors (Lipinski definition) is 2. The molecule has 0 saturated carbocycles. The summed E-state index contributed by atoms with van der Waals surface area (Å²) >= 11 is 7.51. The van der Waals surface area contributed by atoms with Crippen LogP contribution < -0.4 is 11.1 Å². The summed E-state index contributed by atoms with van der Waals surface area (Å²) in [6.07, 6.45) is 11.6. The van der Waals surface area contributed by atoms with Crippen LogP contribution in [0.1, 0.15) is 96.6 Å². The number of benzene rings is 2. The van der Waals surface area contributed by atoms with Crippen LogP contribution in [0.2, 0.25) is 0 Å². The second kappa shape index (κ2) is 16.9. The summed E-state index contributed by atoms with van der Waals surface area (Å²) in [4.78, 5) is 0. The van der Waals surface area contributed by atoms with Crippen LogP contribution in [0.15, 0.2) is 45.3 Å². The number of nitrogens with two attached hydrogens (primary N) is 1. The highest BCUT2D eigenvalue weighted by Crippen LogP contribution is 2.55. The molecule has 0 spiro atoms. The minimum atomic E-state index is 0.158. The molecule has 1 aliphatic carbocycles. The van der Waals surface area contributed by atoms with E-state index in [9.17, 15) is 0 Å². The third-order valence-corrected chi connectivity index (χ3v) is 7.26. The van der Waals surface area contributed by atoms with Crippen molar-refractivity contribution < 1.29 is 0 Å². The summed E-state index contributed by atoms with van der Waals surface area (Å²) in [5.41, 5.74) is 11.0. The molecular weight excluding hydrogens is 536 g/mol. The molecule has 0 saturated heterocycles. The van der Waals surface area contributed by atoms with Gasteiger partial charge in [0.2, 0.25) is 0 Å². The maximum absolute atomic E-state index is 4.85. The molecule has 3 rings (SSSR count). The maximum Gasteiger partial charge on any atom is 0.0216 e. The van der Waals surface area contributed by atoms with E-state index in [-0.39, 0.29) is 5.41 Å². The number of halogens is 2. The average molecular weight is 583 g/mol. The molecule has 2 aromatic carbocycles. The van der Waals surface area contributed by atoms with Gasteiger partial charge in [-0.2, -0.15) is 0 Å². The summed E-state index contributed by atoms with van der Waals surface area (Å²) in [6, 6.07) is 13.8. The van der Waals surface area contributed by atoms with E-state index < -0.39 is 0 Å². The van der Waals surface area contributed by atoms with Crippen molar-refractivity contribution in [2.24, 2.45) is 5.73 Å². The summed E-state index contributed by atoms with van der Waals surface area (Å²) in [6.45, 7) is 10.1. The first-order chi connectivity index (χ1) is 16.0. The fraction of sp³-hybridized carbons (Fsp3) is 0.586. The van der Waals surface area contributed by atoms with E-state index in [0.29, 0.717) is 0 Å². The summed E-state index contributed by atoms with van der Waals surface area (Å²) in [5.74, 6) is 0. The van der Waals surface area contributed by atoms with Crippen molar-refractivity contribution in [1.29, 1.82) is 0 Å². The second-order valence-electron chi connectivity index (χ2n) is 8.60. The molecule has 0 unspecified atom stereocenters. The number of hydrogen-bond acceptors (Lipinski definition) is 2. The lowest BCUT2D eigenvalue weighted by Gasteiger charge is -2.33. The van der Waals surface area contributed by atoms with Crippen LogP contribution in [0.5, 0.6) is 0 Å². The van der Waals surface area contributed by atoms with Crippen LogP contribution in [0, 0.1) is 0 Å². The first-order valence-corrected chi connectivity index (χ1v) is 14.6. The Bertz CT molecular complexity index is 753. The van der Waals surface area contributed by atoms with Crippen molar-refractivity contribution in [3.05, 3.63) is 56.5 Å². The van der Waals surface area contributed by atoms with Crippen LogP contribution in [-0.4, -0.2) is 20.1 Å². The van der Waals surface area contributed by atoms with E-state index in [1.165, 1.54) is 77.9 Å². The quantitative estimate of drug-likeness (QED) is 0.259. The van der Waals surface area contributed by atoms with E-state index in [2.05, 4.69) is 80.5 Å². The smallest absolute Gasteiger partial charge is 0.0216 e. The van der Waals surface area contributed by atoms with Crippen molar-refractivity contribution in [3.63, 3.8) is 0 Å². The van der Waals surface area contributed by atoms with Crippen LogP contribution in [0.3, 0.4) is 0 Å². The number of rotatable bonds is 11. The van der Waals surface area contributed by atoms with E-state index >= 15 is 0 Å². The van der Waals surface area contributed by atoms with Crippen molar-refractivity contribution in [2.45, 2.75) is 90.9 Å². The Morgan fingerprint density at radius 1 is 0.758 bits per heavy atom. The van der Waals surface area contributed by atoms with Gasteiger partial charge in [-0.1, -0.05) is 110 Å². The molecule has 0 aromatic heterocycles. The van der Waals surface area contributed by atoms with Gasteiger partial charge in [0.1, 0.15) is 0 Å². The zero-order valence-electron chi connectivity index (χ0n) is 21.6. The van der Waals surface area contributed by atoms with Crippen molar-refractivity contribution in [3.8, 4) is 11.1 Å². The Morgan fingerprint density at radius 2 is 1.21 bits per heavy atom. The van der Waals surface area contributed by atoms with E-state index in [4.69, 9.17) is 5.73 Å². The van der Waals surface area contributed by atoms with Gasteiger partial charge in [-0.05, 0) is 85.9 Å². The Hall–Kier alpha value is -0.680. The highest BCUT2D eigenvalue weighted by molar-refractivity contribution is 9.10. The zero-order chi connectivity index (χ0) is 24.7. The average Bonchev–Trinajstić information content (AvgIpc) is 3.07. The van der Waals surface area contributed by atoms with Crippen LogP contribution in [0.25, 0.3) is 11.1 Å². The first kappa shape index (κ1) is 30.4. The van der Waals surface area contributed by atoms with Gasteiger partial charge in [-0.15, -0.1) is 0 Å². The maximum atomic E-state index is 4.85. The molecule has 0 bridgehead atoms. The fourth-order valence-electron chi connectivity index (χ4n) is 4.86. The molecule has 33 heavy (non-hydrogen) atoms. The predicted molar refractivity (Wildman–Crippen MR) is 155 cm³/mol. The van der Waals surface area contributed by atoms with Crippen LogP contribution in [0.4, 0.5) is 0 Å². The molecule has 4 heteroatoms. The minimum Gasteiger partial charge on any atom is -0.331 e. The molecule has 2 nitrogen and oxygen atoms in total. The van der Waals surface area contributed by atoms with Gasteiger partial charge in [0.05, 0.1) is 0 Å².